The number of nitrogens with zero attached hydrogens (tertiary/aromatic N) is 1. The van der Waals surface area contributed by atoms with Gasteiger partial charge in [-0.2, -0.15) is 0 Å². The number of hydrogen-bond acceptors (Lipinski definition) is 5. The number of aliphatic hydroxyl groups is 1. The molecule has 1 heterocycles. The zero-order chi connectivity index (χ0) is 15.2. The lowest BCUT2D eigenvalue weighted by Crippen LogP contribution is -2.51. The molecule has 1 aliphatic rings. The monoisotopic (exact) mass is 295 g/mol. The topological polar surface area (TPSA) is 68.2 Å². The molecular weight excluding hydrogens is 274 g/mol. The molecule has 2 rings (SSSR count). The predicted octanol–water partition coefficient (Wildman–Crippen LogP) is 0.602. The van der Waals surface area contributed by atoms with Crippen LogP contribution in [0.1, 0.15) is 5.56 Å². The molecule has 1 amide bonds. The number of carbonyl (C=O) groups excluding carboxylic acids is 1. The SMILES string of the molecule is COc1cc(C)ccc1OCC(=O)N1CCOCC1CO. The number of rotatable bonds is 5. The van der Waals surface area contributed by atoms with E-state index in [9.17, 15) is 9.90 Å². The van der Waals surface area contributed by atoms with Gasteiger partial charge in [0.1, 0.15) is 0 Å². The first-order valence-electron chi connectivity index (χ1n) is 6.91. The summed E-state index contributed by atoms with van der Waals surface area (Å²) in [6, 6.07) is 5.23. The number of ether oxygens (including phenoxy) is 3. The molecular formula is C15H21NO5. The van der Waals surface area contributed by atoms with Crippen LogP contribution in [-0.2, 0) is 9.53 Å². The summed E-state index contributed by atoms with van der Waals surface area (Å²) in [7, 11) is 1.56. The van der Waals surface area contributed by atoms with Crippen LogP contribution in [-0.4, -0.2) is 62.0 Å². The normalized spacial score (nSPS) is 18.4. The molecule has 1 N–H and O–H groups in total. The first-order valence-corrected chi connectivity index (χ1v) is 6.91. The molecule has 1 fully saturated rings. The number of benzene rings is 1. The second-order valence-electron chi connectivity index (χ2n) is 4.94. The van der Waals surface area contributed by atoms with Crippen molar-refractivity contribution in [1.82, 2.24) is 4.90 Å². The Kier molecular flexibility index (Phi) is 5.41. The molecule has 1 saturated heterocycles. The Hall–Kier alpha value is -1.79. The molecule has 0 aromatic heterocycles. The van der Waals surface area contributed by atoms with Crippen molar-refractivity contribution < 1.29 is 24.1 Å². The van der Waals surface area contributed by atoms with Gasteiger partial charge in [-0.05, 0) is 24.6 Å². The quantitative estimate of drug-likeness (QED) is 0.861. The lowest BCUT2D eigenvalue weighted by Gasteiger charge is -2.34. The first kappa shape index (κ1) is 15.6. The molecule has 0 bridgehead atoms. The van der Waals surface area contributed by atoms with Gasteiger partial charge >= 0.3 is 0 Å². The Balaban J connectivity index is 1.97. The van der Waals surface area contributed by atoms with Gasteiger partial charge in [0.2, 0.25) is 0 Å². The minimum atomic E-state index is -0.297. The third-order valence-electron chi connectivity index (χ3n) is 3.43. The smallest absolute Gasteiger partial charge is 0.260 e. The highest BCUT2D eigenvalue weighted by Gasteiger charge is 2.27. The van der Waals surface area contributed by atoms with Crippen LogP contribution >= 0.6 is 0 Å². The van der Waals surface area contributed by atoms with Crippen molar-refractivity contribution in [3.8, 4) is 11.5 Å². The Morgan fingerprint density at radius 3 is 3.00 bits per heavy atom. The van der Waals surface area contributed by atoms with Crippen molar-refractivity contribution in [3.05, 3.63) is 23.8 Å². The third-order valence-corrected chi connectivity index (χ3v) is 3.43. The standard InChI is InChI=1S/C15H21NO5/c1-11-3-4-13(14(7-11)19-2)21-10-15(18)16-5-6-20-9-12(16)8-17/h3-4,7,12,17H,5-6,8-10H2,1-2H3. The van der Waals surface area contributed by atoms with Gasteiger partial charge in [-0.3, -0.25) is 4.79 Å². The van der Waals surface area contributed by atoms with E-state index in [4.69, 9.17) is 14.2 Å². The largest absolute Gasteiger partial charge is 0.493 e. The summed E-state index contributed by atoms with van der Waals surface area (Å²) in [6.07, 6.45) is 0. The van der Waals surface area contributed by atoms with Crippen LogP contribution in [0.5, 0.6) is 11.5 Å². The van der Waals surface area contributed by atoms with E-state index in [1.54, 1.807) is 18.1 Å². The summed E-state index contributed by atoms with van der Waals surface area (Å²) in [5.74, 6) is 0.966. The van der Waals surface area contributed by atoms with E-state index in [-0.39, 0.29) is 25.2 Å². The maximum Gasteiger partial charge on any atom is 0.260 e. The van der Waals surface area contributed by atoms with Crippen LogP contribution in [0.3, 0.4) is 0 Å². The minimum absolute atomic E-state index is 0.0874. The summed E-state index contributed by atoms with van der Waals surface area (Å²) in [4.78, 5) is 13.8. The van der Waals surface area contributed by atoms with Gasteiger partial charge in [0.05, 0.1) is 33.0 Å². The van der Waals surface area contributed by atoms with Gasteiger partial charge in [0, 0.05) is 6.54 Å². The van der Waals surface area contributed by atoms with Gasteiger partial charge in [-0.15, -0.1) is 0 Å². The second kappa shape index (κ2) is 7.28. The van der Waals surface area contributed by atoms with E-state index in [2.05, 4.69) is 0 Å². The highest BCUT2D eigenvalue weighted by molar-refractivity contribution is 5.78. The second-order valence-corrected chi connectivity index (χ2v) is 4.94. The zero-order valence-corrected chi connectivity index (χ0v) is 12.4. The van der Waals surface area contributed by atoms with Crippen molar-refractivity contribution in [2.24, 2.45) is 0 Å². The summed E-state index contributed by atoms with van der Waals surface area (Å²) >= 11 is 0. The summed E-state index contributed by atoms with van der Waals surface area (Å²) in [6.45, 7) is 3.07. The molecule has 1 aromatic rings. The zero-order valence-electron chi connectivity index (χ0n) is 12.4. The van der Waals surface area contributed by atoms with E-state index >= 15 is 0 Å². The molecule has 1 unspecified atom stereocenters. The highest BCUT2D eigenvalue weighted by Crippen LogP contribution is 2.27. The van der Waals surface area contributed by atoms with Gasteiger partial charge in [-0.25, -0.2) is 0 Å². The van der Waals surface area contributed by atoms with Crippen molar-refractivity contribution >= 4 is 5.91 Å². The van der Waals surface area contributed by atoms with Crippen LogP contribution in [0.4, 0.5) is 0 Å². The number of carbonyl (C=O) groups is 1. The lowest BCUT2D eigenvalue weighted by molar-refractivity contribution is -0.143. The van der Waals surface area contributed by atoms with Crippen molar-refractivity contribution in [3.63, 3.8) is 0 Å². The molecule has 0 spiro atoms. The third kappa shape index (κ3) is 3.86. The van der Waals surface area contributed by atoms with E-state index in [1.807, 2.05) is 19.1 Å². The van der Waals surface area contributed by atoms with Crippen molar-refractivity contribution in [2.45, 2.75) is 13.0 Å². The average molecular weight is 295 g/mol. The van der Waals surface area contributed by atoms with Crippen LogP contribution < -0.4 is 9.47 Å². The Morgan fingerprint density at radius 2 is 2.29 bits per heavy atom. The molecule has 116 valence electrons. The number of amides is 1. The number of aryl methyl sites for hydroxylation is 1. The van der Waals surface area contributed by atoms with E-state index in [0.717, 1.165) is 5.56 Å². The molecule has 1 atom stereocenters. The minimum Gasteiger partial charge on any atom is -0.493 e. The van der Waals surface area contributed by atoms with E-state index < -0.39 is 0 Å². The Bertz CT molecular complexity index is 491. The molecule has 6 heteroatoms. The van der Waals surface area contributed by atoms with Crippen molar-refractivity contribution in [2.75, 3.05) is 40.1 Å². The van der Waals surface area contributed by atoms with Crippen molar-refractivity contribution in [1.29, 1.82) is 0 Å². The molecule has 6 nitrogen and oxygen atoms in total. The van der Waals surface area contributed by atoms with Gasteiger partial charge in [0.15, 0.2) is 18.1 Å². The molecule has 21 heavy (non-hydrogen) atoms. The highest BCUT2D eigenvalue weighted by atomic mass is 16.5. The van der Waals surface area contributed by atoms with E-state index in [0.29, 0.717) is 31.3 Å². The maximum atomic E-state index is 12.2. The summed E-state index contributed by atoms with van der Waals surface area (Å²) < 4.78 is 16.0. The first-order chi connectivity index (χ1) is 10.2. The van der Waals surface area contributed by atoms with E-state index in [1.165, 1.54) is 0 Å². The molecule has 0 aliphatic carbocycles. The van der Waals surface area contributed by atoms with Gasteiger partial charge in [0.25, 0.3) is 5.91 Å². The number of morpholine rings is 1. The predicted molar refractivity (Wildman–Crippen MR) is 76.6 cm³/mol. The fourth-order valence-corrected chi connectivity index (χ4v) is 2.25. The van der Waals surface area contributed by atoms with Gasteiger partial charge in [-0.1, -0.05) is 6.07 Å². The average Bonchev–Trinajstić information content (AvgIpc) is 2.53. The summed E-state index contributed by atoms with van der Waals surface area (Å²) in [5.41, 5.74) is 1.05. The Labute approximate surface area is 124 Å². The number of methoxy groups -OCH3 is 1. The number of hydrogen-bond donors (Lipinski definition) is 1. The molecule has 0 saturated carbocycles. The molecule has 0 radical (unpaired) electrons. The maximum absolute atomic E-state index is 12.2. The molecule has 1 aromatic carbocycles. The van der Waals surface area contributed by atoms with Crippen LogP contribution in [0, 0.1) is 6.92 Å². The van der Waals surface area contributed by atoms with Gasteiger partial charge < -0.3 is 24.2 Å². The summed E-state index contributed by atoms with van der Waals surface area (Å²) in [5, 5.41) is 9.27. The van der Waals surface area contributed by atoms with Crippen LogP contribution in [0.15, 0.2) is 18.2 Å². The number of aliphatic hydroxyl groups excluding tert-OH is 1. The lowest BCUT2D eigenvalue weighted by atomic mass is 10.2. The Morgan fingerprint density at radius 1 is 1.48 bits per heavy atom. The van der Waals surface area contributed by atoms with Crippen LogP contribution in [0.25, 0.3) is 0 Å². The molecule has 1 aliphatic heterocycles. The van der Waals surface area contributed by atoms with Crippen LogP contribution in [0.2, 0.25) is 0 Å². The fourth-order valence-electron chi connectivity index (χ4n) is 2.25. The fraction of sp³-hybridized carbons (Fsp3) is 0.533.